The molecule has 0 N–H and O–H groups in total. The first-order valence-electron chi connectivity index (χ1n) is 10.7. The SMILES string of the molecule is CC1(COc2cc3nnc(Br)n3cc2C2CC2)CCN(Cc2cc(Cl)cc(Cl)c2)CC1. The van der Waals surface area contributed by atoms with Gasteiger partial charge in [0.25, 0.3) is 0 Å². The Kier molecular flexibility index (Phi) is 5.93. The highest BCUT2D eigenvalue weighted by molar-refractivity contribution is 9.10. The molecule has 5 nitrogen and oxygen atoms in total. The molecular weight excluding hydrogens is 499 g/mol. The van der Waals surface area contributed by atoms with E-state index in [9.17, 15) is 0 Å². The van der Waals surface area contributed by atoms with Gasteiger partial charge in [0.05, 0.1) is 6.61 Å². The molecule has 0 spiro atoms. The van der Waals surface area contributed by atoms with Crippen molar-refractivity contribution >= 4 is 44.8 Å². The molecule has 0 radical (unpaired) electrons. The Balaban J connectivity index is 1.23. The van der Waals surface area contributed by atoms with Crippen LogP contribution < -0.4 is 4.74 Å². The van der Waals surface area contributed by atoms with Crippen LogP contribution in [0.15, 0.2) is 35.2 Å². The Morgan fingerprint density at radius 2 is 1.81 bits per heavy atom. The quantitative estimate of drug-likeness (QED) is 0.377. The minimum Gasteiger partial charge on any atom is -0.493 e. The smallest absolute Gasteiger partial charge is 0.204 e. The molecule has 2 aliphatic rings. The molecule has 1 aliphatic heterocycles. The van der Waals surface area contributed by atoms with E-state index in [2.05, 4.69) is 44.1 Å². The van der Waals surface area contributed by atoms with Crippen LogP contribution in [-0.4, -0.2) is 39.2 Å². The van der Waals surface area contributed by atoms with Crippen LogP contribution in [0.3, 0.4) is 0 Å². The lowest BCUT2D eigenvalue weighted by atomic mass is 9.81. The molecule has 0 bridgehead atoms. The molecule has 31 heavy (non-hydrogen) atoms. The Hall–Kier alpha value is -1.34. The first kappa shape index (κ1) is 21.5. The molecule has 1 aromatic carbocycles. The van der Waals surface area contributed by atoms with Crippen molar-refractivity contribution in [3.8, 4) is 5.75 Å². The molecule has 5 rings (SSSR count). The number of fused-ring (bicyclic) bond motifs is 1. The van der Waals surface area contributed by atoms with Gasteiger partial charge in [0, 0.05) is 39.8 Å². The zero-order chi connectivity index (χ0) is 21.6. The van der Waals surface area contributed by atoms with Crippen molar-refractivity contribution in [1.82, 2.24) is 19.5 Å². The van der Waals surface area contributed by atoms with Gasteiger partial charge in [-0.15, -0.1) is 10.2 Å². The van der Waals surface area contributed by atoms with E-state index in [1.54, 1.807) is 6.07 Å². The van der Waals surface area contributed by atoms with E-state index in [0.717, 1.165) is 55.2 Å². The van der Waals surface area contributed by atoms with Crippen LogP contribution >= 0.6 is 39.1 Å². The number of hydrogen-bond donors (Lipinski definition) is 0. The Labute approximate surface area is 200 Å². The zero-order valence-corrected chi connectivity index (χ0v) is 20.5. The molecule has 2 fully saturated rings. The summed E-state index contributed by atoms with van der Waals surface area (Å²) in [5, 5.41) is 9.75. The second-order valence-corrected chi connectivity index (χ2v) is 10.8. The lowest BCUT2D eigenvalue weighted by Gasteiger charge is -2.39. The Morgan fingerprint density at radius 3 is 2.48 bits per heavy atom. The molecule has 0 atom stereocenters. The van der Waals surface area contributed by atoms with E-state index in [1.807, 2.05) is 22.6 Å². The molecule has 8 heteroatoms. The molecule has 3 heterocycles. The van der Waals surface area contributed by atoms with Crippen molar-refractivity contribution in [2.24, 2.45) is 5.41 Å². The summed E-state index contributed by atoms with van der Waals surface area (Å²) >= 11 is 15.8. The van der Waals surface area contributed by atoms with Crippen LogP contribution in [0.25, 0.3) is 5.65 Å². The maximum absolute atomic E-state index is 6.43. The van der Waals surface area contributed by atoms with Gasteiger partial charge in [-0.25, -0.2) is 0 Å². The fourth-order valence-corrected chi connectivity index (χ4v) is 5.27. The molecular formula is C23H25BrCl2N4O. The molecule has 0 amide bonds. The van der Waals surface area contributed by atoms with Crippen LogP contribution in [-0.2, 0) is 6.54 Å². The lowest BCUT2D eigenvalue weighted by molar-refractivity contribution is 0.0653. The third-order valence-corrected chi connectivity index (χ3v) is 7.46. The lowest BCUT2D eigenvalue weighted by Crippen LogP contribution is -2.41. The van der Waals surface area contributed by atoms with Crippen LogP contribution in [0.5, 0.6) is 5.75 Å². The standard InChI is InChI=1S/C23H25BrCl2N4O/c1-23(4-6-29(7-5-23)12-15-8-17(25)10-18(26)9-15)14-31-20-11-21-27-28-22(24)30(21)13-19(20)16-2-3-16/h8-11,13,16H,2-7,12,14H2,1H3. The van der Waals surface area contributed by atoms with Crippen molar-refractivity contribution in [3.05, 3.63) is 56.4 Å². The highest BCUT2D eigenvalue weighted by atomic mass is 79.9. The Bertz CT molecular complexity index is 1090. The first-order chi connectivity index (χ1) is 14.9. The van der Waals surface area contributed by atoms with Crippen LogP contribution in [0.1, 0.15) is 49.7 Å². The number of hydrogen-bond acceptors (Lipinski definition) is 4. The predicted octanol–water partition coefficient (Wildman–Crippen LogP) is 6.36. The van der Waals surface area contributed by atoms with E-state index in [1.165, 1.54) is 24.0 Å². The summed E-state index contributed by atoms with van der Waals surface area (Å²) < 4.78 is 9.16. The van der Waals surface area contributed by atoms with E-state index in [4.69, 9.17) is 27.9 Å². The predicted molar refractivity (Wildman–Crippen MR) is 127 cm³/mol. The van der Waals surface area contributed by atoms with Crippen molar-refractivity contribution in [2.45, 2.75) is 45.1 Å². The number of likely N-dealkylation sites (tertiary alicyclic amines) is 1. The summed E-state index contributed by atoms with van der Waals surface area (Å²) in [5.41, 5.74) is 3.40. The molecule has 1 saturated carbocycles. The van der Waals surface area contributed by atoms with Crippen LogP contribution in [0.2, 0.25) is 10.0 Å². The summed E-state index contributed by atoms with van der Waals surface area (Å²) in [7, 11) is 0. The fourth-order valence-electron chi connectivity index (χ4n) is 4.34. The summed E-state index contributed by atoms with van der Waals surface area (Å²) in [6.45, 7) is 6.01. The summed E-state index contributed by atoms with van der Waals surface area (Å²) in [5.74, 6) is 1.56. The molecule has 1 saturated heterocycles. The molecule has 1 aliphatic carbocycles. The van der Waals surface area contributed by atoms with Crippen molar-refractivity contribution < 1.29 is 4.74 Å². The molecule has 0 unspecified atom stereocenters. The highest BCUT2D eigenvalue weighted by Gasteiger charge is 2.33. The molecule has 2 aromatic heterocycles. The van der Waals surface area contributed by atoms with Crippen molar-refractivity contribution in [1.29, 1.82) is 0 Å². The van der Waals surface area contributed by atoms with Crippen molar-refractivity contribution in [3.63, 3.8) is 0 Å². The number of aromatic nitrogens is 3. The number of pyridine rings is 1. The molecule has 164 valence electrons. The van der Waals surface area contributed by atoms with E-state index in [-0.39, 0.29) is 5.41 Å². The van der Waals surface area contributed by atoms with Crippen LogP contribution in [0, 0.1) is 5.41 Å². The second-order valence-electron chi connectivity index (χ2n) is 9.22. The van der Waals surface area contributed by atoms with E-state index < -0.39 is 0 Å². The van der Waals surface area contributed by atoms with Gasteiger partial charge >= 0.3 is 0 Å². The zero-order valence-electron chi connectivity index (χ0n) is 17.5. The Morgan fingerprint density at radius 1 is 1.10 bits per heavy atom. The van der Waals surface area contributed by atoms with Gasteiger partial charge in [-0.3, -0.25) is 9.30 Å². The second kappa shape index (κ2) is 8.54. The molecule has 3 aromatic rings. The van der Waals surface area contributed by atoms with E-state index in [0.29, 0.717) is 16.0 Å². The largest absolute Gasteiger partial charge is 0.493 e. The average Bonchev–Trinajstić information content (AvgIpc) is 3.51. The topological polar surface area (TPSA) is 42.7 Å². The fraction of sp³-hybridized carbons (Fsp3) is 0.478. The van der Waals surface area contributed by atoms with E-state index >= 15 is 0 Å². The van der Waals surface area contributed by atoms with Crippen molar-refractivity contribution in [2.75, 3.05) is 19.7 Å². The first-order valence-corrected chi connectivity index (χ1v) is 12.3. The number of nitrogens with zero attached hydrogens (tertiary/aromatic N) is 4. The van der Waals surface area contributed by atoms with Gasteiger partial charge in [0.15, 0.2) is 5.65 Å². The minimum atomic E-state index is 0.156. The van der Waals surface area contributed by atoms with Gasteiger partial charge in [0.1, 0.15) is 5.75 Å². The monoisotopic (exact) mass is 522 g/mol. The highest BCUT2D eigenvalue weighted by Crippen LogP contribution is 2.45. The third kappa shape index (κ3) is 4.87. The van der Waals surface area contributed by atoms with Crippen LogP contribution in [0.4, 0.5) is 0 Å². The summed E-state index contributed by atoms with van der Waals surface area (Å²) in [4.78, 5) is 2.47. The summed E-state index contributed by atoms with van der Waals surface area (Å²) in [6.07, 6.45) is 6.77. The number of rotatable bonds is 6. The summed E-state index contributed by atoms with van der Waals surface area (Å²) in [6, 6.07) is 7.82. The maximum Gasteiger partial charge on any atom is 0.204 e. The van der Waals surface area contributed by atoms with Gasteiger partial charge in [0.2, 0.25) is 4.73 Å². The van der Waals surface area contributed by atoms with Gasteiger partial charge in [-0.05, 0) is 84.4 Å². The van der Waals surface area contributed by atoms with Gasteiger partial charge < -0.3 is 4.74 Å². The van der Waals surface area contributed by atoms with Gasteiger partial charge in [-0.1, -0.05) is 30.1 Å². The number of halogens is 3. The average molecular weight is 524 g/mol. The third-order valence-electron chi connectivity index (χ3n) is 6.48. The van der Waals surface area contributed by atoms with Gasteiger partial charge in [-0.2, -0.15) is 0 Å². The number of ether oxygens (including phenoxy) is 1. The minimum absolute atomic E-state index is 0.156. The maximum atomic E-state index is 6.43. The number of piperidine rings is 1. The number of benzene rings is 1. The normalized spacial score (nSPS) is 19.1.